The summed E-state index contributed by atoms with van der Waals surface area (Å²) in [6.45, 7) is 4.73. The average Bonchev–Trinajstić information content (AvgIpc) is 3.17. The third kappa shape index (κ3) is 6.37. The molecule has 1 fully saturated rings. The first kappa shape index (κ1) is 28.1. The van der Waals surface area contributed by atoms with E-state index < -0.39 is 26.0 Å². The lowest BCUT2D eigenvalue weighted by molar-refractivity contribution is 0.102. The van der Waals surface area contributed by atoms with Crippen molar-refractivity contribution in [1.82, 2.24) is 4.31 Å². The summed E-state index contributed by atoms with van der Waals surface area (Å²) in [5, 5.41) is 2.77. The van der Waals surface area contributed by atoms with Crippen LogP contribution in [-0.4, -0.2) is 40.1 Å². The molecule has 2 N–H and O–H groups in total. The van der Waals surface area contributed by atoms with Crippen molar-refractivity contribution in [2.45, 2.75) is 49.3 Å². The number of amides is 1. The number of hydrogen-bond donors (Lipinski definition) is 2. The first-order chi connectivity index (χ1) is 18.0. The van der Waals surface area contributed by atoms with Crippen LogP contribution in [0.3, 0.4) is 0 Å². The van der Waals surface area contributed by atoms with Gasteiger partial charge in [0.2, 0.25) is 10.0 Å². The number of nitrogens with zero attached hydrogens (tertiary/aromatic N) is 1. The summed E-state index contributed by atoms with van der Waals surface area (Å²) < 4.78 is 56.0. The highest BCUT2D eigenvalue weighted by molar-refractivity contribution is 7.92. The van der Waals surface area contributed by atoms with Gasteiger partial charge in [0.1, 0.15) is 0 Å². The normalized spacial score (nSPS) is 15.0. The molecule has 0 aromatic heterocycles. The summed E-state index contributed by atoms with van der Waals surface area (Å²) in [5.41, 5.74) is 2.81. The van der Waals surface area contributed by atoms with Crippen LogP contribution in [0, 0.1) is 13.8 Å². The number of sulfonamides is 2. The number of anilines is 2. The second kappa shape index (κ2) is 11.4. The van der Waals surface area contributed by atoms with Crippen molar-refractivity contribution in [3.8, 4) is 0 Å². The standard InChI is InChI=1S/C27H30ClN3O5S2/c1-19-7-8-22(17-20(19)2)30-37(33,34)23-11-9-21(10-12-23)29-27(32)25-18-24(13-14-26(25)28)38(35,36)31-15-5-3-4-6-16-31/h7-14,17-18,30H,3-6,15-16H2,1-2H3,(H,29,32). The maximum absolute atomic E-state index is 13.2. The van der Waals surface area contributed by atoms with Gasteiger partial charge >= 0.3 is 0 Å². The molecule has 1 aliphatic rings. The summed E-state index contributed by atoms with van der Waals surface area (Å²) in [4.78, 5) is 13.0. The van der Waals surface area contributed by atoms with E-state index in [9.17, 15) is 21.6 Å². The van der Waals surface area contributed by atoms with Crippen molar-refractivity contribution in [2.75, 3.05) is 23.1 Å². The third-order valence-corrected chi connectivity index (χ3v) is 10.2. The Bertz CT molecular complexity index is 1550. The number of nitrogens with one attached hydrogen (secondary N) is 2. The van der Waals surface area contributed by atoms with Crippen LogP contribution in [0.5, 0.6) is 0 Å². The second-order valence-electron chi connectivity index (χ2n) is 9.34. The smallest absolute Gasteiger partial charge is 0.261 e. The van der Waals surface area contributed by atoms with Gasteiger partial charge in [-0.05, 0) is 92.4 Å². The third-order valence-electron chi connectivity index (χ3n) is 6.57. The van der Waals surface area contributed by atoms with Crippen LogP contribution >= 0.6 is 11.6 Å². The molecule has 202 valence electrons. The summed E-state index contributed by atoms with van der Waals surface area (Å²) in [6.07, 6.45) is 3.57. The van der Waals surface area contributed by atoms with E-state index in [1.807, 2.05) is 19.9 Å². The van der Waals surface area contributed by atoms with Gasteiger partial charge in [-0.2, -0.15) is 4.31 Å². The molecule has 0 spiro atoms. The van der Waals surface area contributed by atoms with E-state index in [4.69, 9.17) is 11.6 Å². The van der Waals surface area contributed by atoms with Gasteiger partial charge in [0, 0.05) is 24.5 Å². The largest absolute Gasteiger partial charge is 0.322 e. The second-order valence-corrected chi connectivity index (χ2v) is 13.4. The van der Waals surface area contributed by atoms with Gasteiger partial charge in [0.05, 0.1) is 20.4 Å². The lowest BCUT2D eigenvalue weighted by Gasteiger charge is -2.20. The van der Waals surface area contributed by atoms with Gasteiger partial charge in [-0.3, -0.25) is 9.52 Å². The minimum atomic E-state index is -3.84. The van der Waals surface area contributed by atoms with Crippen molar-refractivity contribution < 1.29 is 21.6 Å². The quantitative estimate of drug-likeness (QED) is 0.382. The van der Waals surface area contributed by atoms with Crippen LogP contribution in [0.25, 0.3) is 0 Å². The summed E-state index contributed by atoms with van der Waals surface area (Å²) >= 11 is 6.25. The van der Waals surface area contributed by atoms with Crippen molar-refractivity contribution in [1.29, 1.82) is 0 Å². The molecule has 0 unspecified atom stereocenters. The van der Waals surface area contributed by atoms with E-state index in [1.165, 1.54) is 46.8 Å². The Balaban J connectivity index is 1.50. The fourth-order valence-electron chi connectivity index (χ4n) is 4.20. The van der Waals surface area contributed by atoms with Crippen LogP contribution in [0.1, 0.15) is 47.2 Å². The molecule has 0 bridgehead atoms. The maximum Gasteiger partial charge on any atom is 0.261 e. The molecule has 0 aliphatic carbocycles. The van der Waals surface area contributed by atoms with E-state index in [0.717, 1.165) is 36.8 Å². The minimum absolute atomic E-state index is 0.00723. The van der Waals surface area contributed by atoms with Crippen LogP contribution in [0.4, 0.5) is 11.4 Å². The molecule has 11 heteroatoms. The zero-order valence-corrected chi connectivity index (χ0v) is 23.6. The fraction of sp³-hybridized carbons (Fsp3) is 0.296. The molecular weight excluding hydrogens is 546 g/mol. The van der Waals surface area contributed by atoms with Crippen LogP contribution in [0.15, 0.2) is 70.5 Å². The Morgan fingerprint density at radius 1 is 0.763 bits per heavy atom. The van der Waals surface area contributed by atoms with Gasteiger partial charge in [0.15, 0.2) is 0 Å². The van der Waals surface area contributed by atoms with E-state index in [2.05, 4.69) is 10.0 Å². The Kier molecular flexibility index (Phi) is 8.46. The lowest BCUT2D eigenvalue weighted by atomic mass is 10.1. The van der Waals surface area contributed by atoms with Crippen molar-refractivity contribution in [3.05, 3.63) is 82.4 Å². The van der Waals surface area contributed by atoms with Crippen molar-refractivity contribution in [3.63, 3.8) is 0 Å². The molecule has 1 heterocycles. The van der Waals surface area contributed by atoms with E-state index in [0.29, 0.717) is 24.5 Å². The molecule has 8 nitrogen and oxygen atoms in total. The first-order valence-corrected chi connectivity index (χ1v) is 15.6. The first-order valence-electron chi connectivity index (χ1n) is 12.3. The van der Waals surface area contributed by atoms with Crippen LogP contribution in [-0.2, 0) is 20.0 Å². The Labute approximate surface area is 229 Å². The molecule has 0 saturated carbocycles. The van der Waals surface area contributed by atoms with Gasteiger partial charge in [-0.25, -0.2) is 16.8 Å². The minimum Gasteiger partial charge on any atom is -0.322 e. The van der Waals surface area contributed by atoms with Crippen molar-refractivity contribution >= 4 is 48.9 Å². The Hall–Kier alpha value is -2.92. The molecule has 3 aromatic rings. The monoisotopic (exact) mass is 575 g/mol. The molecular formula is C27H30ClN3O5S2. The van der Waals surface area contributed by atoms with Gasteiger partial charge in [0.25, 0.3) is 15.9 Å². The van der Waals surface area contributed by atoms with E-state index >= 15 is 0 Å². The number of hydrogen-bond acceptors (Lipinski definition) is 5. The molecule has 0 atom stereocenters. The van der Waals surface area contributed by atoms with Gasteiger partial charge in [-0.15, -0.1) is 0 Å². The highest BCUT2D eigenvalue weighted by Gasteiger charge is 2.27. The molecule has 3 aromatic carbocycles. The lowest BCUT2D eigenvalue weighted by Crippen LogP contribution is -2.32. The van der Waals surface area contributed by atoms with Gasteiger partial charge in [-0.1, -0.05) is 30.5 Å². The average molecular weight is 576 g/mol. The zero-order chi connectivity index (χ0) is 27.5. The topological polar surface area (TPSA) is 113 Å². The maximum atomic E-state index is 13.2. The van der Waals surface area contributed by atoms with Gasteiger partial charge < -0.3 is 5.32 Å². The number of carbonyl (C=O) groups excluding carboxylic acids is 1. The molecule has 1 aliphatic heterocycles. The molecule has 1 amide bonds. The molecule has 1 saturated heterocycles. The summed E-state index contributed by atoms with van der Waals surface area (Å²) in [7, 11) is -7.60. The Morgan fingerprint density at radius 2 is 1.37 bits per heavy atom. The van der Waals surface area contributed by atoms with E-state index in [-0.39, 0.29) is 20.4 Å². The van der Waals surface area contributed by atoms with Crippen LogP contribution < -0.4 is 10.0 Å². The molecule has 38 heavy (non-hydrogen) atoms. The number of halogens is 1. The number of benzene rings is 3. The Morgan fingerprint density at radius 3 is 2.00 bits per heavy atom. The van der Waals surface area contributed by atoms with Crippen LogP contribution in [0.2, 0.25) is 5.02 Å². The number of rotatable bonds is 7. The number of carbonyl (C=O) groups is 1. The summed E-state index contributed by atoms with van der Waals surface area (Å²) in [5.74, 6) is -0.605. The van der Waals surface area contributed by atoms with Crippen molar-refractivity contribution in [2.24, 2.45) is 0 Å². The zero-order valence-electron chi connectivity index (χ0n) is 21.2. The highest BCUT2D eigenvalue weighted by atomic mass is 35.5. The molecule has 4 rings (SSSR count). The van der Waals surface area contributed by atoms with E-state index in [1.54, 1.807) is 12.1 Å². The SMILES string of the molecule is Cc1ccc(NS(=O)(=O)c2ccc(NC(=O)c3cc(S(=O)(=O)N4CCCCCC4)ccc3Cl)cc2)cc1C. The predicted octanol–water partition coefficient (Wildman–Crippen LogP) is 5.57. The molecule has 0 radical (unpaired) electrons. The predicted molar refractivity (Wildman–Crippen MR) is 150 cm³/mol. The highest BCUT2D eigenvalue weighted by Crippen LogP contribution is 2.26. The summed E-state index contributed by atoms with van der Waals surface area (Å²) in [6, 6.07) is 15.0. The number of aryl methyl sites for hydroxylation is 2. The fourth-order valence-corrected chi connectivity index (χ4v) is 7.00.